The molecule has 0 atom stereocenters. The average molecular weight is 645 g/mol. The number of sulfonamides is 1. The zero-order chi connectivity index (χ0) is 32.3. The Morgan fingerprint density at radius 2 is 1.59 bits per heavy atom. The Hall–Kier alpha value is -2.87. The second kappa shape index (κ2) is 16.4. The van der Waals surface area contributed by atoms with E-state index in [9.17, 15) is 31.2 Å². The minimum Gasteiger partial charge on any atom is -0.382 e. The van der Waals surface area contributed by atoms with Gasteiger partial charge < -0.3 is 19.1 Å². The molecule has 1 aromatic rings. The summed E-state index contributed by atoms with van der Waals surface area (Å²) in [6.45, 7) is 5.96. The Bertz CT molecular complexity index is 1340. The molecule has 2 aliphatic rings. The highest BCUT2D eigenvalue weighted by Crippen LogP contribution is 2.37. The van der Waals surface area contributed by atoms with Gasteiger partial charge in [-0.1, -0.05) is 6.42 Å². The SMILES string of the molecule is COCCOCCOCCS(=O)(=O)N1CCN(CCCCCC2=C(C)C(=O)N(c3ccc(C#N)c(C(F)(F)F)c3)C2=O)CC1. The first-order valence-electron chi connectivity index (χ1n) is 14.4. The van der Waals surface area contributed by atoms with Gasteiger partial charge in [0.25, 0.3) is 11.8 Å². The van der Waals surface area contributed by atoms with Gasteiger partial charge in [0.05, 0.1) is 61.7 Å². The first kappa shape index (κ1) is 35.6. The summed E-state index contributed by atoms with van der Waals surface area (Å²) in [4.78, 5) is 28.7. The molecule has 3 rings (SSSR count). The number of alkyl halides is 3. The molecule has 0 spiro atoms. The molecular weight excluding hydrogens is 605 g/mol. The minimum absolute atomic E-state index is 0.0896. The number of piperazine rings is 1. The van der Waals surface area contributed by atoms with Crippen LogP contribution >= 0.6 is 0 Å². The average Bonchev–Trinajstić information content (AvgIpc) is 3.20. The van der Waals surface area contributed by atoms with Crippen LogP contribution in [0.5, 0.6) is 0 Å². The quantitative estimate of drug-likeness (QED) is 0.186. The monoisotopic (exact) mass is 644 g/mol. The van der Waals surface area contributed by atoms with Gasteiger partial charge in [-0.2, -0.15) is 22.7 Å². The van der Waals surface area contributed by atoms with Crippen LogP contribution in [0.2, 0.25) is 0 Å². The van der Waals surface area contributed by atoms with E-state index in [0.717, 1.165) is 30.4 Å². The van der Waals surface area contributed by atoms with Crippen molar-refractivity contribution >= 4 is 27.5 Å². The fourth-order valence-corrected chi connectivity index (χ4v) is 6.33. The number of carbonyl (C=O) groups excluding carboxylic acids is 2. The molecule has 1 fully saturated rings. The smallest absolute Gasteiger partial charge is 0.382 e. The lowest BCUT2D eigenvalue weighted by atomic mass is 10.0. The van der Waals surface area contributed by atoms with Crippen LogP contribution in [0, 0.1) is 11.3 Å². The number of hydrogen-bond donors (Lipinski definition) is 0. The molecule has 2 heterocycles. The molecule has 2 amide bonds. The van der Waals surface area contributed by atoms with E-state index in [1.165, 1.54) is 23.4 Å². The summed E-state index contributed by atoms with van der Waals surface area (Å²) < 4.78 is 82.5. The van der Waals surface area contributed by atoms with Crippen molar-refractivity contribution in [3.63, 3.8) is 0 Å². The minimum atomic E-state index is -4.81. The number of benzene rings is 1. The number of rotatable bonds is 17. The summed E-state index contributed by atoms with van der Waals surface area (Å²) in [5, 5.41) is 9.02. The predicted molar refractivity (Wildman–Crippen MR) is 155 cm³/mol. The Kier molecular flexibility index (Phi) is 13.3. The third kappa shape index (κ3) is 9.56. The number of anilines is 1. The lowest BCUT2D eigenvalue weighted by Gasteiger charge is -2.34. The standard InChI is InChI=1S/C29H39F3N4O7S/c1-22-25(28(38)36(27(22)37)24-8-7-23(21-33)26(20-24)29(30,31)32)6-4-3-5-9-34-10-12-35(13-11-34)44(39,40)19-18-43-17-16-42-15-14-41-2/h7-8,20H,3-6,9-19H2,1-2H3. The molecule has 244 valence electrons. The zero-order valence-corrected chi connectivity index (χ0v) is 25.8. The van der Waals surface area contributed by atoms with Gasteiger partial charge in [0.2, 0.25) is 10.0 Å². The fourth-order valence-electron chi connectivity index (χ4n) is 5.02. The number of ether oxygens (including phenoxy) is 3. The normalized spacial score (nSPS) is 17.1. The van der Waals surface area contributed by atoms with E-state index in [0.29, 0.717) is 71.5 Å². The van der Waals surface area contributed by atoms with E-state index in [-0.39, 0.29) is 29.2 Å². The molecule has 15 heteroatoms. The molecule has 0 bridgehead atoms. The molecule has 44 heavy (non-hydrogen) atoms. The van der Waals surface area contributed by atoms with Gasteiger partial charge in [0.1, 0.15) is 0 Å². The number of amides is 2. The number of unbranched alkanes of at least 4 members (excludes halogenated alkanes) is 2. The largest absolute Gasteiger partial charge is 0.417 e. The van der Waals surface area contributed by atoms with Crippen LogP contribution in [0.3, 0.4) is 0 Å². The Morgan fingerprint density at radius 1 is 0.932 bits per heavy atom. The van der Waals surface area contributed by atoms with E-state index >= 15 is 0 Å². The molecule has 0 radical (unpaired) electrons. The second-order valence-corrected chi connectivity index (χ2v) is 12.6. The summed E-state index contributed by atoms with van der Waals surface area (Å²) in [6.07, 6.45) is -2.35. The maximum atomic E-state index is 13.4. The number of hydrogen-bond acceptors (Lipinski definition) is 9. The lowest BCUT2D eigenvalue weighted by molar-refractivity contribution is -0.138. The Labute approximate surface area is 256 Å². The van der Waals surface area contributed by atoms with Gasteiger partial charge in [-0.25, -0.2) is 13.3 Å². The van der Waals surface area contributed by atoms with Gasteiger partial charge in [-0.05, 0) is 50.9 Å². The van der Waals surface area contributed by atoms with Gasteiger partial charge in [0.15, 0.2) is 0 Å². The van der Waals surface area contributed by atoms with E-state index < -0.39 is 39.1 Å². The van der Waals surface area contributed by atoms with E-state index in [4.69, 9.17) is 19.5 Å². The van der Waals surface area contributed by atoms with Crippen molar-refractivity contribution in [1.29, 1.82) is 5.26 Å². The van der Waals surface area contributed by atoms with Crippen molar-refractivity contribution in [2.75, 3.05) is 83.5 Å². The zero-order valence-electron chi connectivity index (χ0n) is 25.0. The van der Waals surface area contributed by atoms with Gasteiger partial charge in [-0.15, -0.1) is 0 Å². The van der Waals surface area contributed by atoms with Crippen molar-refractivity contribution in [2.45, 2.75) is 38.8 Å². The molecule has 0 saturated carbocycles. The molecule has 11 nitrogen and oxygen atoms in total. The van der Waals surface area contributed by atoms with Crippen LogP contribution in [0.1, 0.15) is 43.7 Å². The van der Waals surface area contributed by atoms with E-state index in [1.807, 2.05) is 0 Å². The highest BCUT2D eigenvalue weighted by atomic mass is 32.2. The molecule has 1 saturated heterocycles. The maximum Gasteiger partial charge on any atom is 0.417 e. The Morgan fingerprint density at radius 3 is 2.23 bits per heavy atom. The van der Waals surface area contributed by atoms with Crippen molar-refractivity contribution in [2.24, 2.45) is 0 Å². The van der Waals surface area contributed by atoms with Gasteiger partial charge in [-0.3, -0.25) is 9.59 Å². The van der Waals surface area contributed by atoms with Crippen LogP contribution in [-0.4, -0.2) is 108 Å². The first-order valence-corrected chi connectivity index (χ1v) is 16.1. The Balaban J connectivity index is 1.38. The molecule has 0 N–H and O–H groups in total. The fraction of sp³-hybridized carbons (Fsp3) is 0.621. The molecule has 2 aliphatic heterocycles. The van der Waals surface area contributed by atoms with Crippen molar-refractivity contribution in [1.82, 2.24) is 9.21 Å². The van der Waals surface area contributed by atoms with E-state index in [2.05, 4.69) is 4.90 Å². The van der Waals surface area contributed by atoms with Gasteiger partial charge >= 0.3 is 6.18 Å². The molecule has 0 unspecified atom stereocenters. The number of nitriles is 1. The third-order valence-electron chi connectivity index (χ3n) is 7.54. The van der Waals surface area contributed by atoms with Crippen LogP contribution < -0.4 is 4.90 Å². The predicted octanol–water partition coefficient (Wildman–Crippen LogP) is 2.95. The second-order valence-electron chi connectivity index (χ2n) is 10.5. The lowest BCUT2D eigenvalue weighted by Crippen LogP contribution is -2.49. The summed E-state index contributed by atoms with van der Waals surface area (Å²) in [7, 11) is -1.84. The molecular formula is C29H39F3N4O7S. The third-order valence-corrected chi connectivity index (χ3v) is 9.37. The van der Waals surface area contributed by atoms with Crippen molar-refractivity contribution in [3.8, 4) is 6.07 Å². The number of halogens is 3. The molecule has 0 aromatic heterocycles. The maximum absolute atomic E-state index is 13.4. The summed E-state index contributed by atoms with van der Waals surface area (Å²) in [6, 6.07) is 4.27. The highest BCUT2D eigenvalue weighted by molar-refractivity contribution is 7.89. The first-order chi connectivity index (χ1) is 20.9. The number of imide groups is 1. The molecule has 1 aromatic carbocycles. The van der Waals surface area contributed by atoms with Gasteiger partial charge in [0, 0.05) is 44.4 Å². The topological polar surface area (TPSA) is 129 Å². The van der Waals surface area contributed by atoms with E-state index in [1.54, 1.807) is 7.11 Å². The molecule has 0 aliphatic carbocycles. The van der Waals surface area contributed by atoms with Crippen LogP contribution in [-0.2, 0) is 40.0 Å². The van der Waals surface area contributed by atoms with Crippen LogP contribution in [0.25, 0.3) is 0 Å². The number of methoxy groups -OCH3 is 1. The van der Waals surface area contributed by atoms with Crippen molar-refractivity contribution in [3.05, 3.63) is 40.5 Å². The number of carbonyl (C=O) groups is 2. The number of nitrogens with zero attached hydrogens (tertiary/aromatic N) is 4. The summed E-state index contributed by atoms with van der Waals surface area (Å²) in [5.74, 6) is -1.41. The van der Waals surface area contributed by atoms with Crippen molar-refractivity contribution < 1.29 is 45.4 Å². The van der Waals surface area contributed by atoms with Crippen LogP contribution in [0.4, 0.5) is 18.9 Å². The van der Waals surface area contributed by atoms with Crippen LogP contribution in [0.15, 0.2) is 29.3 Å². The summed E-state index contributed by atoms with van der Waals surface area (Å²) >= 11 is 0. The summed E-state index contributed by atoms with van der Waals surface area (Å²) in [5.41, 5.74) is -1.54. The highest BCUT2D eigenvalue weighted by Gasteiger charge is 2.39.